The Balaban J connectivity index is 1.19. The number of aromatic nitrogens is 2. The van der Waals surface area contributed by atoms with Crippen LogP contribution < -0.4 is 5.32 Å². The van der Waals surface area contributed by atoms with Crippen molar-refractivity contribution >= 4 is 6.03 Å². The van der Waals surface area contributed by atoms with Gasteiger partial charge < -0.3 is 19.9 Å². The number of H-pyrrole nitrogens is 1. The van der Waals surface area contributed by atoms with E-state index in [1.165, 1.54) is 5.69 Å². The van der Waals surface area contributed by atoms with Crippen molar-refractivity contribution in [3.63, 3.8) is 0 Å². The number of carbonyl (C=O) groups excluding carboxylic acids is 1. The SMILES string of the molecule is CC(C)N1CCOC(CN2CCN(C(=O)NC3CCc4nc[nH]c4C3)CC2)C1. The van der Waals surface area contributed by atoms with Crippen molar-refractivity contribution in [3.8, 4) is 0 Å². The molecule has 2 aliphatic heterocycles. The van der Waals surface area contributed by atoms with Gasteiger partial charge in [-0.2, -0.15) is 0 Å². The molecule has 1 aliphatic carbocycles. The second-order valence-electron chi connectivity index (χ2n) is 8.59. The highest BCUT2D eigenvalue weighted by atomic mass is 16.5. The summed E-state index contributed by atoms with van der Waals surface area (Å²) in [6.45, 7) is 11.7. The molecule has 1 aromatic rings. The van der Waals surface area contributed by atoms with Crippen LogP contribution in [0.3, 0.4) is 0 Å². The van der Waals surface area contributed by atoms with Crippen LogP contribution in [0.1, 0.15) is 31.7 Å². The van der Waals surface area contributed by atoms with E-state index in [9.17, 15) is 4.79 Å². The van der Waals surface area contributed by atoms with Gasteiger partial charge in [0.25, 0.3) is 0 Å². The number of nitrogens with one attached hydrogen (secondary N) is 2. The fraction of sp³-hybridized carbons (Fsp3) is 0.800. The molecule has 0 saturated carbocycles. The van der Waals surface area contributed by atoms with Crippen LogP contribution in [-0.4, -0.2) is 101 Å². The van der Waals surface area contributed by atoms with Crippen molar-refractivity contribution in [1.29, 1.82) is 0 Å². The van der Waals surface area contributed by atoms with Gasteiger partial charge in [-0.05, 0) is 26.7 Å². The molecule has 28 heavy (non-hydrogen) atoms. The zero-order chi connectivity index (χ0) is 19.5. The van der Waals surface area contributed by atoms with Crippen LogP contribution in [0.4, 0.5) is 4.79 Å². The Morgan fingerprint density at radius 2 is 2.14 bits per heavy atom. The molecule has 8 nitrogen and oxygen atoms in total. The topological polar surface area (TPSA) is 76.7 Å². The van der Waals surface area contributed by atoms with Crippen LogP contribution >= 0.6 is 0 Å². The maximum Gasteiger partial charge on any atom is 0.317 e. The van der Waals surface area contributed by atoms with Gasteiger partial charge in [-0.15, -0.1) is 0 Å². The Morgan fingerprint density at radius 3 is 2.93 bits per heavy atom. The smallest absolute Gasteiger partial charge is 0.317 e. The number of urea groups is 1. The number of fused-ring (bicyclic) bond motifs is 1. The summed E-state index contributed by atoms with van der Waals surface area (Å²) < 4.78 is 5.97. The molecule has 156 valence electrons. The molecule has 0 radical (unpaired) electrons. The lowest BCUT2D eigenvalue weighted by Gasteiger charge is -2.40. The molecule has 2 amide bonds. The lowest BCUT2D eigenvalue weighted by molar-refractivity contribution is -0.0552. The van der Waals surface area contributed by atoms with Gasteiger partial charge in [0.2, 0.25) is 0 Å². The zero-order valence-corrected chi connectivity index (χ0v) is 17.2. The predicted octanol–water partition coefficient (Wildman–Crippen LogP) is 0.703. The van der Waals surface area contributed by atoms with E-state index < -0.39 is 0 Å². The van der Waals surface area contributed by atoms with Gasteiger partial charge in [0.1, 0.15) is 0 Å². The van der Waals surface area contributed by atoms with Crippen molar-refractivity contribution in [2.75, 3.05) is 52.4 Å². The molecule has 1 aromatic heterocycles. The number of amides is 2. The van der Waals surface area contributed by atoms with Crippen molar-refractivity contribution in [3.05, 3.63) is 17.7 Å². The maximum atomic E-state index is 12.7. The summed E-state index contributed by atoms with van der Waals surface area (Å²) in [6.07, 6.45) is 4.79. The predicted molar refractivity (Wildman–Crippen MR) is 107 cm³/mol. The first-order chi connectivity index (χ1) is 13.6. The molecule has 8 heteroatoms. The minimum Gasteiger partial charge on any atom is -0.374 e. The fourth-order valence-corrected chi connectivity index (χ4v) is 4.53. The Morgan fingerprint density at radius 1 is 1.32 bits per heavy atom. The highest BCUT2D eigenvalue weighted by molar-refractivity contribution is 5.74. The van der Waals surface area contributed by atoms with Gasteiger partial charge in [-0.3, -0.25) is 9.80 Å². The Labute approximate surface area is 167 Å². The van der Waals surface area contributed by atoms with E-state index in [1.807, 2.05) is 4.90 Å². The normalized spacial score (nSPS) is 27.0. The number of aromatic amines is 1. The number of hydrogen-bond donors (Lipinski definition) is 2. The lowest BCUT2D eigenvalue weighted by atomic mass is 9.96. The summed E-state index contributed by atoms with van der Waals surface area (Å²) >= 11 is 0. The summed E-state index contributed by atoms with van der Waals surface area (Å²) in [5.41, 5.74) is 2.32. The number of morpholine rings is 1. The summed E-state index contributed by atoms with van der Waals surface area (Å²) in [5.74, 6) is 0. The van der Waals surface area contributed by atoms with Crippen LogP contribution in [0.2, 0.25) is 0 Å². The summed E-state index contributed by atoms with van der Waals surface area (Å²) in [4.78, 5) is 27.1. The number of piperazine rings is 1. The van der Waals surface area contributed by atoms with Gasteiger partial charge in [-0.25, -0.2) is 9.78 Å². The fourth-order valence-electron chi connectivity index (χ4n) is 4.53. The van der Waals surface area contributed by atoms with Gasteiger partial charge >= 0.3 is 6.03 Å². The van der Waals surface area contributed by atoms with E-state index in [2.05, 4.69) is 38.9 Å². The summed E-state index contributed by atoms with van der Waals surface area (Å²) in [7, 11) is 0. The molecule has 2 fully saturated rings. The van der Waals surface area contributed by atoms with E-state index in [1.54, 1.807) is 6.33 Å². The molecule has 3 aliphatic rings. The maximum absolute atomic E-state index is 12.7. The first-order valence-corrected chi connectivity index (χ1v) is 10.7. The van der Waals surface area contributed by atoms with Gasteiger partial charge in [-0.1, -0.05) is 0 Å². The van der Waals surface area contributed by atoms with E-state index in [0.717, 1.165) is 77.4 Å². The average Bonchev–Trinajstić information content (AvgIpc) is 3.16. The molecule has 2 N–H and O–H groups in total. The Kier molecular flexibility index (Phi) is 6.18. The standard InChI is InChI=1S/C20H34N6O2/c1-15(2)26-9-10-28-17(13-26)12-24-5-7-25(8-6-24)20(27)23-16-3-4-18-19(11-16)22-14-21-18/h14-17H,3-13H2,1-2H3,(H,21,22)(H,23,27). The number of carbonyl (C=O) groups is 1. The largest absolute Gasteiger partial charge is 0.374 e. The van der Waals surface area contributed by atoms with Crippen LogP contribution in [0.5, 0.6) is 0 Å². The highest BCUT2D eigenvalue weighted by Crippen LogP contribution is 2.18. The third-order valence-corrected chi connectivity index (χ3v) is 6.34. The number of hydrogen-bond acceptors (Lipinski definition) is 5. The molecule has 0 aromatic carbocycles. The number of nitrogens with zero attached hydrogens (tertiary/aromatic N) is 4. The van der Waals surface area contributed by atoms with Crippen LogP contribution in [0.15, 0.2) is 6.33 Å². The number of rotatable bonds is 4. The molecular formula is C20H34N6O2. The van der Waals surface area contributed by atoms with Crippen molar-refractivity contribution in [2.24, 2.45) is 0 Å². The van der Waals surface area contributed by atoms with E-state index in [0.29, 0.717) is 6.04 Å². The highest BCUT2D eigenvalue weighted by Gasteiger charge is 2.28. The summed E-state index contributed by atoms with van der Waals surface area (Å²) in [6, 6.07) is 0.855. The van der Waals surface area contributed by atoms with E-state index >= 15 is 0 Å². The van der Waals surface area contributed by atoms with Crippen LogP contribution in [-0.2, 0) is 17.6 Å². The summed E-state index contributed by atoms with van der Waals surface area (Å²) in [5, 5.41) is 3.22. The monoisotopic (exact) mass is 390 g/mol. The van der Waals surface area contributed by atoms with E-state index in [4.69, 9.17) is 4.74 Å². The second-order valence-corrected chi connectivity index (χ2v) is 8.59. The molecule has 0 spiro atoms. The minimum absolute atomic E-state index is 0.0764. The number of ether oxygens (including phenoxy) is 1. The zero-order valence-electron chi connectivity index (χ0n) is 17.2. The quantitative estimate of drug-likeness (QED) is 0.792. The second kappa shape index (κ2) is 8.80. The van der Waals surface area contributed by atoms with Crippen molar-refractivity contribution in [1.82, 2.24) is 30.0 Å². The Hall–Kier alpha value is -1.64. The number of imidazole rings is 1. The first-order valence-electron chi connectivity index (χ1n) is 10.7. The minimum atomic E-state index is 0.0764. The van der Waals surface area contributed by atoms with E-state index in [-0.39, 0.29) is 18.2 Å². The van der Waals surface area contributed by atoms with Crippen molar-refractivity contribution in [2.45, 2.75) is 51.3 Å². The molecule has 2 atom stereocenters. The molecule has 3 heterocycles. The van der Waals surface area contributed by atoms with Gasteiger partial charge in [0, 0.05) is 70.0 Å². The first kappa shape index (κ1) is 19.7. The molecular weight excluding hydrogens is 356 g/mol. The lowest BCUT2D eigenvalue weighted by Crippen LogP contribution is -2.56. The van der Waals surface area contributed by atoms with Crippen LogP contribution in [0, 0.1) is 0 Å². The van der Waals surface area contributed by atoms with Crippen molar-refractivity contribution < 1.29 is 9.53 Å². The van der Waals surface area contributed by atoms with Crippen LogP contribution in [0.25, 0.3) is 0 Å². The third kappa shape index (κ3) is 4.67. The number of aryl methyl sites for hydroxylation is 1. The molecule has 4 rings (SSSR count). The molecule has 0 bridgehead atoms. The van der Waals surface area contributed by atoms with Gasteiger partial charge in [0.05, 0.1) is 24.7 Å². The Bertz CT molecular complexity index is 655. The van der Waals surface area contributed by atoms with Gasteiger partial charge in [0.15, 0.2) is 0 Å². The molecule has 2 saturated heterocycles. The average molecular weight is 391 g/mol. The molecule has 2 unspecified atom stereocenters. The third-order valence-electron chi connectivity index (χ3n) is 6.34.